The van der Waals surface area contributed by atoms with E-state index in [9.17, 15) is 0 Å². The summed E-state index contributed by atoms with van der Waals surface area (Å²) in [5, 5.41) is 0. The summed E-state index contributed by atoms with van der Waals surface area (Å²) in [6, 6.07) is 0. The molecule has 0 radical (unpaired) electrons. The van der Waals surface area contributed by atoms with E-state index in [1.807, 2.05) is 7.05 Å². The van der Waals surface area contributed by atoms with Crippen molar-refractivity contribution in [2.24, 2.45) is 0 Å². The van der Waals surface area contributed by atoms with Crippen LogP contribution in [-0.4, -0.2) is 84.9 Å². The van der Waals surface area contributed by atoms with Crippen molar-refractivity contribution in [2.75, 3.05) is 73.7 Å². The first-order chi connectivity index (χ1) is 8.52. The molecule has 0 unspecified atom stereocenters. The van der Waals surface area contributed by atoms with Gasteiger partial charge in [0.2, 0.25) is 0 Å². The van der Waals surface area contributed by atoms with Crippen molar-refractivity contribution >= 4 is 45.7 Å². The van der Waals surface area contributed by atoms with E-state index in [0.29, 0.717) is 0 Å². The molecule has 0 amide bonds. The van der Waals surface area contributed by atoms with Crippen molar-refractivity contribution in [3.8, 4) is 0 Å². The lowest BCUT2D eigenvalue weighted by Crippen LogP contribution is -2.25. The van der Waals surface area contributed by atoms with Crippen LogP contribution in [0.5, 0.6) is 0 Å². The van der Waals surface area contributed by atoms with Crippen molar-refractivity contribution in [1.29, 1.82) is 0 Å². The monoisotopic (exact) mass is 485 g/mol. The molecule has 0 heterocycles. The Morgan fingerprint density at radius 3 is 1.61 bits per heavy atom. The standard InChI is InChI=1S/C11H25I2N3O2/c1-14(2)4-8-17-10-6-16(13)7-11-18-9-5-15(3)12/h4-11H2,1-3H3. The Balaban J connectivity index is 3.19. The molecule has 0 aliphatic rings. The van der Waals surface area contributed by atoms with Gasteiger partial charge < -0.3 is 14.4 Å². The summed E-state index contributed by atoms with van der Waals surface area (Å²) in [7, 11) is 6.15. The van der Waals surface area contributed by atoms with Crippen molar-refractivity contribution in [3.63, 3.8) is 0 Å². The van der Waals surface area contributed by atoms with Gasteiger partial charge in [0.25, 0.3) is 0 Å². The van der Waals surface area contributed by atoms with Crippen LogP contribution in [0.25, 0.3) is 0 Å². The van der Waals surface area contributed by atoms with Gasteiger partial charge in [-0.25, -0.2) is 6.23 Å². The Labute approximate surface area is 139 Å². The fourth-order valence-electron chi connectivity index (χ4n) is 1.08. The lowest BCUT2D eigenvalue weighted by molar-refractivity contribution is 0.0978. The third-order valence-corrected chi connectivity index (χ3v) is 3.63. The van der Waals surface area contributed by atoms with Crippen LogP contribution < -0.4 is 0 Å². The number of ether oxygens (including phenoxy) is 2. The molecule has 0 atom stereocenters. The second-order valence-corrected chi connectivity index (χ2v) is 7.28. The first-order valence-electron chi connectivity index (χ1n) is 6.10. The van der Waals surface area contributed by atoms with Gasteiger partial charge in [-0.2, -0.15) is 0 Å². The van der Waals surface area contributed by atoms with Crippen molar-refractivity contribution < 1.29 is 9.47 Å². The second-order valence-electron chi connectivity index (χ2n) is 4.27. The topological polar surface area (TPSA) is 28.2 Å². The predicted molar refractivity (Wildman–Crippen MR) is 92.4 cm³/mol. The first kappa shape index (κ1) is 19.3. The predicted octanol–water partition coefficient (Wildman–Crippen LogP) is 1.51. The van der Waals surface area contributed by atoms with Gasteiger partial charge >= 0.3 is 0 Å². The van der Waals surface area contributed by atoms with Gasteiger partial charge in [-0.15, -0.1) is 0 Å². The van der Waals surface area contributed by atoms with Gasteiger partial charge in [0.15, 0.2) is 0 Å². The highest BCUT2D eigenvalue weighted by molar-refractivity contribution is 14.1. The minimum absolute atomic E-state index is 0.783. The van der Waals surface area contributed by atoms with Crippen LogP contribution in [0.2, 0.25) is 0 Å². The van der Waals surface area contributed by atoms with Gasteiger partial charge in [-0.1, -0.05) is 0 Å². The SMILES string of the molecule is CN(C)CCOCCN(I)CCOCCN(C)I. The first-order valence-corrected chi connectivity index (χ1v) is 8.03. The summed E-state index contributed by atoms with van der Waals surface area (Å²) in [4.78, 5) is 2.12. The average Bonchev–Trinajstić information content (AvgIpc) is 2.27. The molecule has 7 heteroatoms. The Hall–Kier alpha value is 1.26. The zero-order valence-electron chi connectivity index (χ0n) is 11.6. The maximum atomic E-state index is 5.54. The highest BCUT2D eigenvalue weighted by Gasteiger charge is 2.00. The smallest absolute Gasteiger partial charge is 0.0602 e. The van der Waals surface area contributed by atoms with Crippen LogP contribution in [-0.2, 0) is 9.47 Å². The number of hydrogen-bond donors (Lipinski definition) is 0. The van der Waals surface area contributed by atoms with Crippen LogP contribution in [0.1, 0.15) is 0 Å². The minimum Gasteiger partial charge on any atom is -0.379 e. The summed E-state index contributed by atoms with van der Waals surface area (Å²) in [6.07, 6.45) is 0. The summed E-state index contributed by atoms with van der Waals surface area (Å²) < 4.78 is 15.4. The molecule has 0 aliphatic carbocycles. The van der Waals surface area contributed by atoms with Gasteiger partial charge in [0.1, 0.15) is 0 Å². The quantitative estimate of drug-likeness (QED) is 0.238. The van der Waals surface area contributed by atoms with Gasteiger partial charge in [0, 0.05) is 71.9 Å². The Bertz CT molecular complexity index is 168. The number of halogens is 2. The second kappa shape index (κ2) is 13.3. The fraction of sp³-hybridized carbons (Fsp3) is 1.00. The Kier molecular flexibility index (Phi) is 14.2. The van der Waals surface area contributed by atoms with Crippen molar-refractivity contribution in [3.05, 3.63) is 0 Å². The number of nitrogens with zero attached hydrogens (tertiary/aromatic N) is 3. The van der Waals surface area contributed by atoms with Crippen molar-refractivity contribution in [2.45, 2.75) is 0 Å². The van der Waals surface area contributed by atoms with Gasteiger partial charge in [-0.05, 0) is 21.1 Å². The molecule has 0 aromatic carbocycles. The molecule has 110 valence electrons. The number of hydrogen-bond acceptors (Lipinski definition) is 5. The fourth-order valence-corrected chi connectivity index (χ4v) is 1.67. The van der Waals surface area contributed by atoms with E-state index in [4.69, 9.17) is 9.47 Å². The Morgan fingerprint density at radius 2 is 1.17 bits per heavy atom. The van der Waals surface area contributed by atoms with Gasteiger partial charge in [0.05, 0.1) is 26.4 Å². The highest BCUT2D eigenvalue weighted by Crippen LogP contribution is 1.98. The van der Waals surface area contributed by atoms with E-state index < -0.39 is 0 Å². The van der Waals surface area contributed by atoms with Crippen LogP contribution >= 0.6 is 45.7 Å². The van der Waals surface area contributed by atoms with E-state index in [1.54, 1.807) is 0 Å². The lowest BCUT2D eigenvalue weighted by atomic mass is 10.6. The molecule has 0 fully saturated rings. The number of rotatable bonds is 12. The van der Waals surface area contributed by atoms with Crippen molar-refractivity contribution in [1.82, 2.24) is 11.1 Å². The molecule has 0 aromatic heterocycles. The van der Waals surface area contributed by atoms with Gasteiger partial charge in [-0.3, -0.25) is 0 Å². The van der Waals surface area contributed by atoms with Crippen LogP contribution in [0.4, 0.5) is 0 Å². The lowest BCUT2D eigenvalue weighted by Gasteiger charge is -2.15. The van der Waals surface area contributed by atoms with E-state index in [2.05, 4.69) is 71.0 Å². The van der Waals surface area contributed by atoms with Crippen LogP contribution in [0.15, 0.2) is 0 Å². The molecule has 0 saturated carbocycles. The molecular weight excluding hydrogens is 460 g/mol. The molecule has 0 bridgehead atoms. The zero-order chi connectivity index (χ0) is 13.8. The molecule has 5 nitrogen and oxygen atoms in total. The van der Waals surface area contributed by atoms with E-state index in [-0.39, 0.29) is 0 Å². The molecule has 0 spiro atoms. The molecule has 0 N–H and O–H groups in total. The van der Waals surface area contributed by atoms with Crippen LogP contribution in [0.3, 0.4) is 0 Å². The zero-order valence-corrected chi connectivity index (χ0v) is 15.9. The van der Waals surface area contributed by atoms with E-state index in [1.165, 1.54) is 0 Å². The summed E-state index contributed by atoms with van der Waals surface area (Å²) in [6.45, 7) is 7.01. The Morgan fingerprint density at radius 1 is 0.722 bits per heavy atom. The summed E-state index contributed by atoms with van der Waals surface area (Å²) in [5.41, 5.74) is 0. The summed E-state index contributed by atoms with van der Waals surface area (Å²) >= 11 is 4.58. The maximum Gasteiger partial charge on any atom is 0.0602 e. The largest absolute Gasteiger partial charge is 0.379 e. The molecule has 0 saturated heterocycles. The third-order valence-electron chi connectivity index (χ3n) is 2.18. The maximum absolute atomic E-state index is 5.54. The normalized spacial score (nSPS) is 12.0. The van der Waals surface area contributed by atoms with E-state index in [0.717, 1.165) is 52.6 Å². The van der Waals surface area contributed by atoms with Crippen LogP contribution in [0, 0.1) is 0 Å². The molecule has 18 heavy (non-hydrogen) atoms. The minimum atomic E-state index is 0.783. The summed E-state index contributed by atoms with van der Waals surface area (Å²) in [5.74, 6) is 0. The highest BCUT2D eigenvalue weighted by atomic mass is 127. The molecule has 0 aromatic rings. The number of likely N-dealkylation sites (N-methyl/N-ethyl adjacent to an activating group) is 2. The molecular formula is C11H25I2N3O2. The third kappa shape index (κ3) is 15.3. The average molecular weight is 485 g/mol. The van der Waals surface area contributed by atoms with E-state index >= 15 is 0 Å². The molecule has 0 aliphatic heterocycles. The molecule has 0 rings (SSSR count).